The van der Waals surface area contributed by atoms with Crippen molar-refractivity contribution in [2.45, 2.75) is 38.1 Å². The highest BCUT2D eigenvalue weighted by Crippen LogP contribution is 2.67. The second kappa shape index (κ2) is 3.12. The van der Waals surface area contributed by atoms with Gasteiger partial charge in [0.05, 0.1) is 6.61 Å². The van der Waals surface area contributed by atoms with Crippen LogP contribution >= 0.6 is 0 Å². The molecule has 0 radical (unpaired) electrons. The van der Waals surface area contributed by atoms with Crippen molar-refractivity contribution in [1.82, 2.24) is 4.90 Å². The summed E-state index contributed by atoms with van der Waals surface area (Å²) in [5.74, 6) is -0.129. The van der Waals surface area contributed by atoms with Crippen molar-refractivity contribution in [3.8, 4) is 0 Å². The van der Waals surface area contributed by atoms with E-state index in [1.165, 1.54) is 0 Å². The van der Waals surface area contributed by atoms with Gasteiger partial charge in [-0.3, -0.25) is 4.79 Å². The second-order valence-corrected chi connectivity index (χ2v) is 5.44. The highest BCUT2D eigenvalue weighted by molar-refractivity contribution is 5.96. The van der Waals surface area contributed by atoms with E-state index in [4.69, 9.17) is 4.74 Å². The summed E-state index contributed by atoms with van der Waals surface area (Å²) in [6.45, 7) is 6.65. The van der Waals surface area contributed by atoms with E-state index < -0.39 is 5.54 Å². The van der Waals surface area contributed by atoms with Crippen LogP contribution in [0, 0.1) is 5.41 Å². The van der Waals surface area contributed by atoms with Gasteiger partial charge < -0.3 is 9.64 Å². The summed E-state index contributed by atoms with van der Waals surface area (Å²) in [5.41, 5.74) is 0.116. The quantitative estimate of drug-likeness (QED) is 0.534. The lowest BCUT2D eigenvalue weighted by atomic mass is 9.79. The maximum Gasteiger partial charge on any atom is 0.333 e. The molecule has 4 nitrogen and oxygen atoms in total. The molecule has 0 aromatic heterocycles. The van der Waals surface area contributed by atoms with E-state index in [-0.39, 0.29) is 17.3 Å². The molecular weight excluding hydrogens is 218 g/mol. The first-order valence-electron chi connectivity index (χ1n) is 6.20. The van der Waals surface area contributed by atoms with E-state index in [1.807, 2.05) is 0 Å². The zero-order chi connectivity index (χ0) is 12.3. The van der Waals surface area contributed by atoms with Gasteiger partial charge in [-0.15, -0.1) is 0 Å². The number of hydrogen-bond donors (Lipinski definition) is 0. The van der Waals surface area contributed by atoms with E-state index in [0.717, 1.165) is 18.4 Å². The Hall–Kier alpha value is -1.32. The summed E-state index contributed by atoms with van der Waals surface area (Å²) in [4.78, 5) is 26.1. The van der Waals surface area contributed by atoms with Gasteiger partial charge in [0.2, 0.25) is 5.91 Å². The summed E-state index contributed by atoms with van der Waals surface area (Å²) in [6.07, 6.45) is 3.03. The van der Waals surface area contributed by atoms with Crippen LogP contribution < -0.4 is 0 Å². The van der Waals surface area contributed by atoms with Crippen LogP contribution in [-0.4, -0.2) is 35.5 Å². The minimum absolute atomic E-state index is 0.0919. The zero-order valence-corrected chi connectivity index (χ0v) is 10.1. The maximum absolute atomic E-state index is 12.3. The molecule has 2 aliphatic heterocycles. The predicted octanol–water partition coefficient (Wildman–Crippen LogP) is 1.26. The van der Waals surface area contributed by atoms with Gasteiger partial charge in [-0.1, -0.05) is 12.2 Å². The van der Waals surface area contributed by atoms with Crippen molar-refractivity contribution < 1.29 is 14.3 Å². The van der Waals surface area contributed by atoms with E-state index >= 15 is 0 Å². The van der Waals surface area contributed by atoms with Gasteiger partial charge in [0, 0.05) is 24.8 Å². The maximum atomic E-state index is 12.3. The molecule has 2 saturated heterocycles. The van der Waals surface area contributed by atoms with Crippen LogP contribution in [0.5, 0.6) is 0 Å². The number of hydrogen-bond acceptors (Lipinski definition) is 3. The first kappa shape index (κ1) is 10.8. The van der Waals surface area contributed by atoms with Gasteiger partial charge >= 0.3 is 5.97 Å². The second-order valence-electron chi connectivity index (χ2n) is 5.44. The number of ether oxygens (including phenoxy) is 1. The molecule has 4 heteroatoms. The fourth-order valence-electron chi connectivity index (χ4n) is 3.57. The number of carbonyl (C=O) groups excluding carboxylic acids is 2. The minimum atomic E-state index is -0.711. The molecule has 0 aromatic rings. The Morgan fingerprint density at radius 1 is 1.47 bits per heavy atom. The van der Waals surface area contributed by atoms with E-state index in [1.54, 1.807) is 11.8 Å². The average molecular weight is 235 g/mol. The van der Waals surface area contributed by atoms with Crippen molar-refractivity contribution in [3.05, 3.63) is 12.2 Å². The van der Waals surface area contributed by atoms with Crippen molar-refractivity contribution in [1.29, 1.82) is 0 Å². The number of rotatable bonds is 2. The highest BCUT2D eigenvalue weighted by atomic mass is 16.5. The van der Waals surface area contributed by atoms with Crippen LogP contribution in [0.15, 0.2) is 12.2 Å². The first-order valence-corrected chi connectivity index (χ1v) is 6.20. The lowest BCUT2D eigenvalue weighted by Gasteiger charge is -2.34. The number of fused-ring (bicyclic) bond motifs is 2. The number of nitrogens with zero attached hydrogens (tertiary/aromatic N) is 1. The SMILES string of the molecule is C=C1CN2C(=O)CC3(CC3)[C@]2(C(=O)OCC)C1. The molecule has 1 amide bonds. The van der Waals surface area contributed by atoms with E-state index in [2.05, 4.69) is 6.58 Å². The van der Waals surface area contributed by atoms with Gasteiger partial charge in [-0.25, -0.2) is 4.79 Å². The molecule has 92 valence electrons. The number of carbonyl (C=O) groups is 2. The van der Waals surface area contributed by atoms with Crippen molar-refractivity contribution in [3.63, 3.8) is 0 Å². The Labute approximate surface area is 101 Å². The predicted molar refractivity (Wildman–Crippen MR) is 61.1 cm³/mol. The number of esters is 1. The molecule has 1 aliphatic carbocycles. The highest BCUT2D eigenvalue weighted by Gasteiger charge is 2.74. The lowest BCUT2D eigenvalue weighted by Crippen LogP contribution is -2.53. The Balaban J connectivity index is 2.05. The molecule has 0 unspecified atom stereocenters. The summed E-state index contributed by atoms with van der Waals surface area (Å²) in [6, 6.07) is 0. The monoisotopic (exact) mass is 235 g/mol. The molecule has 3 fully saturated rings. The Kier molecular flexibility index (Phi) is 1.98. The van der Waals surface area contributed by atoms with Crippen molar-refractivity contribution >= 4 is 11.9 Å². The third-order valence-corrected chi connectivity index (χ3v) is 4.48. The first-order chi connectivity index (χ1) is 8.06. The van der Waals surface area contributed by atoms with Gasteiger partial charge in [0.1, 0.15) is 0 Å². The van der Waals surface area contributed by atoms with Crippen LogP contribution in [0.25, 0.3) is 0 Å². The van der Waals surface area contributed by atoms with Crippen LogP contribution in [0.2, 0.25) is 0 Å². The third-order valence-electron chi connectivity index (χ3n) is 4.48. The fraction of sp³-hybridized carbons (Fsp3) is 0.692. The zero-order valence-electron chi connectivity index (χ0n) is 10.1. The van der Waals surface area contributed by atoms with Gasteiger partial charge in [-0.2, -0.15) is 0 Å². The summed E-state index contributed by atoms with van der Waals surface area (Å²) in [7, 11) is 0. The standard InChI is InChI=1S/C13H17NO3/c1-3-17-11(16)13-6-9(2)8-14(13)10(15)7-12(13)4-5-12/h2-8H2,1H3/t13-/m1/s1. The van der Waals surface area contributed by atoms with Gasteiger partial charge in [0.25, 0.3) is 0 Å². The average Bonchev–Trinajstić information content (AvgIpc) is 2.89. The number of amides is 1. The van der Waals surface area contributed by atoms with Gasteiger partial charge in [-0.05, 0) is 19.8 Å². The third kappa shape index (κ3) is 1.13. The van der Waals surface area contributed by atoms with Crippen LogP contribution in [0.3, 0.4) is 0 Å². The molecule has 3 rings (SSSR count). The summed E-state index contributed by atoms with van der Waals surface area (Å²) < 4.78 is 5.23. The molecule has 3 aliphatic rings. The molecule has 0 bridgehead atoms. The molecule has 1 spiro atoms. The molecule has 0 N–H and O–H groups in total. The molecule has 2 heterocycles. The largest absolute Gasteiger partial charge is 0.464 e. The lowest BCUT2D eigenvalue weighted by molar-refractivity contribution is -0.160. The summed E-state index contributed by atoms with van der Waals surface area (Å²) >= 11 is 0. The molecule has 17 heavy (non-hydrogen) atoms. The molecule has 0 aromatic carbocycles. The Bertz CT molecular complexity index is 424. The topological polar surface area (TPSA) is 46.6 Å². The van der Waals surface area contributed by atoms with E-state index in [9.17, 15) is 9.59 Å². The van der Waals surface area contributed by atoms with Crippen LogP contribution in [-0.2, 0) is 14.3 Å². The van der Waals surface area contributed by atoms with Crippen LogP contribution in [0.1, 0.15) is 32.6 Å². The molecular formula is C13H17NO3. The smallest absolute Gasteiger partial charge is 0.333 e. The normalized spacial score (nSPS) is 33.1. The van der Waals surface area contributed by atoms with Crippen molar-refractivity contribution in [2.75, 3.05) is 13.2 Å². The van der Waals surface area contributed by atoms with E-state index in [0.29, 0.717) is 26.0 Å². The molecule has 1 atom stereocenters. The summed E-state index contributed by atoms with van der Waals surface area (Å²) in [5, 5.41) is 0. The Morgan fingerprint density at radius 2 is 2.18 bits per heavy atom. The minimum Gasteiger partial charge on any atom is -0.464 e. The van der Waals surface area contributed by atoms with Crippen molar-refractivity contribution in [2.24, 2.45) is 5.41 Å². The van der Waals surface area contributed by atoms with Crippen LogP contribution in [0.4, 0.5) is 0 Å². The molecule has 1 saturated carbocycles. The Morgan fingerprint density at radius 3 is 2.76 bits per heavy atom. The fourth-order valence-corrected chi connectivity index (χ4v) is 3.57. The van der Waals surface area contributed by atoms with Gasteiger partial charge in [0.15, 0.2) is 5.54 Å².